The van der Waals surface area contributed by atoms with Crippen LogP contribution in [0.3, 0.4) is 0 Å². The van der Waals surface area contributed by atoms with Gasteiger partial charge in [0.05, 0.1) is 41.7 Å². The summed E-state index contributed by atoms with van der Waals surface area (Å²) in [5.41, 5.74) is -2.00. The Kier molecular flexibility index (Phi) is 4.42. The number of nitrogens with zero attached hydrogens (tertiary/aromatic N) is 4. The second-order valence-corrected chi connectivity index (χ2v) is 5.31. The molecule has 0 bridgehead atoms. The van der Waals surface area contributed by atoms with Crippen LogP contribution in [0.25, 0.3) is 16.5 Å². The van der Waals surface area contributed by atoms with E-state index in [9.17, 15) is 25.0 Å². The minimum absolute atomic E-state index is 0.111. The number of fused-ring (bicyclic) bond motifs is 1. The van der Waals surface area contributed by atoms with Crippen LogP contribution in [0.1, 0.15) is 0 Å². The van der Waals surface area contributed by atoms with Crippen LogP contribution >= 0.6 is 0 Å². The molecule has 0 unspecified atom stereocenters. The van der Waals surface area contributed by atoms with Crippen LogP contribution in [-0.2, 0) is 0 Å². The SMILES string of the molecule is COc1ccc2cnn(-c3ccc([N+](=O)[O-])cc3[N+](=O)[O-])c(=O)c2c1OC. The summed E-state index contributed by atoms with van der Waals surface area (Å²) in [7, 11) is 2.76. The van der Waals surface area contributed by atoms with Gasteiger partial charge in [-0.15, -0.1) is 0 Å². The second kappa shape index (κ2) is 6.71. The molecule has 0 amide bonds. The molecule has 2 aromatic carbocycles. The largest absolute Gasteiger partial charge is 0.493 e. The molecule has 0 aliphatic rings. The molecule has 0 spiro atoms. The van der Waals surface area contributed by atoms with Gasteiger partial charge in [-0.25, -0.2) is 0 Å². The van der Waals surface area contributed by atoms with Gasteiger partial charge in [-0.2, -0.15) is 9.78 Å². The Hall–Kier alpha value is -4.02. The Morgan fingerprint density at radius 2 is 1.78 bits per heavy atom. The van der Waals surface area contributed by atoms with E-state index in [0.29, 0.717) is 11.1 Å². The lowest BCUT2D eigenvalue weighted by Gasteiger charge is -2.12. The Bertz CT molecular complexity index is 1140. The van der Waals surface area contributed by atoms with Gasteiger partial charge in [0, 0.05) is 11.5 Å². The highest BCUT2D eigenvalue weighted by Crippen LogP contribution is 2.33. The summed E-state index contributed by atoms with van der Waals surface area (Å²) in [4.78, 5) is 33.7. The van der Waals surface area contributed by atoms with Crippen LogP contribution in [0.15, 0.2) is 41.3 Å². The van der Waals surface area contributed by atoms with Crippen molar-refractivity contribution in [2.45, 2.75) is 0 Å². The molecule has 27 heavy (non-hydrogen) atoms. The number of benzene rings is 2. The zero-order chi connectivity index (χ0) is 19.7. The fourth-order valence-electron chi connectivity index (χ4n) is 2.67. The van der Waals surface area contributed by atoms with E-state index in [2.05, 4.69) is 5.10 Å². The number of methoxy groups -OCH3 is 2. The first-order valence-corrected chi connectivity index (χ1v) is 7.45. The van der Waals surface area contributed by atoms with E-state index in [-0.39, 0.29) is 16.8 Å². The van der Waals surface area contributed by atoms with Crippen LogP contribution in [0.4, 0.5) is 11.4 Å². The molecule has 0 saturated carbocycles. The molecule has 11 nitrogen and oxygen atoms in total. The van der Waals surface area contributed by atoms with Gasteiger partial charge in [-0.3, -0.25) is 25.0 Å². The van der Waals surface area contributed by atoms with Crippen molar-refractivity contribution in [2.75, 3.05) is 14.2 Å². The highest BCUT2D eigenvalue weighted by atomic mass is 16.6. The summed E-state index contributed by atoms with van der Waals surface area (Å²) in [5, 5.41) is 26.8. The number of ether oxygens (including phenoxy) is 2. The number of hydrogen-bond donors (Lipinski definition) is 0. The average Bonchev–Trinajstić information content (AvgIpc) is 2.66. The van der Waals surface area contributed by atoms with Crippen LogP contribution in [0.2, 0.25) is 0 Å². The maximum absolute atomic E-state index is 13.0. The molecular formula is C16H12N4O7. The lowest BCUT2D eigenvalue weighted by atomic mass is 10.1. The van der Waals surface area contributed by atoms with Gasteiger partial charge in [0.15, 0.2) is 11.5 Å². The first-order valence-electron chi connectivity index (χ1n) is 7.45. The Balaban J connectivity index is 2.36. The molecule has 0 N–H and O–H groups in total. The fourth-order valence-corrected chi connectivity index (χ4v) is 2.67. The van der Waals surface area contributed by atoms with Crippen molar-refractivity contribution in [3.8, 4) is 17.2 Å². The molecular weight excluding hydrogens is 360 g/mol. The smallest absolute Gasteiger partial charge is 0.301 e. The third kappa shape index (κ3) is 2.90. The maximum atomic E-state index is 13.0. The van der Waals surface area contributed by atoms with E-state index < -0.39 is 26.8 Å². The van der Waals surface area contributed by atoms with Crippen LogP contribution in [-0.4, -0.2) is 33.8 Å². The second-order valence-electron chi connectivity index (χ2n) is 5.31. The van der Waals surface area contributed by atoms with E-state index in [1.807, 2.05) is 0 Å². The van der Waals surface area contributed by atoms with Crippen molar-refractivity contribution >= 4 is 22.1 Å². The Morgan fingerprint density at radius 3 is 2.37 bits per heavy atom. The van der Waals surface area contributed by atoms with Crippen molar-refractivity contribution in [3.05, 3.63) is 67.1 Å². The number of rotatable bonds is 5. The van der Waals surface area contributed by atoms with Crippen LogP contribution in [0.5, 0.6) is 11.5 Å². The number of nitro benzene ring substituents is 2. The molecule has 0 saturated heterocycles. The third-order valence-corrected chi connectivity index (χ3v) is 3.89. The van der Waals surface area contributed by atoms with E-state index in [1.165, 1.54) is 20.4 Å². The molecule has 0 atom stereocenters. The first kappa shape index (κ1) is 17.8. The molecule has 3 rings (SSSR count). The molecule has 11 heteroatoms. The van der Waals surface area contributed by atoms with E-state index in [0.717, 1.165) is 22.9 Å². The number of non-ortho nitro benzene ring substituents is 1. The van der Waals surface area contributed by atoms with Gasteiger partial charge in [-0.05, 0) is 18.2 Å². The molecule has 1 heterocycles. The fraction of sp³-hybridized carbons (Fsp3) is 0.125. The van der Waals surface area contributed by atoms with Gasteiger partial charge in [-0.1, -0.05) is 0 Å². The summed E-state index contributed by atoms with van der Waals surface area (Å²) in [6, 6.07) is 6.13. The van der Waals surface area contributed by atoms with Crippen molar-refractivity contribution in [1.82, 2.24) is 9.78 Å². The number of hydrogen-bond acceptors (Lipinski definition) is 8. The standard InChI is InChI=1S/C16H12N4O7/c1-26-13-6-3-9-8-17-18(16(21)14(9)15(13)27-2)11-5-4-10(19(22)23)7-12(11)20(24)25/h3-8H,1-2H3. The van der Waals surface area contributed by atoms with Gasteiger partial charge >= 0.3 is 5.69 Å². The Morgan fingerprint density at radius 1 is 1.04 bits per heavy atom. The maximum Gasteiger partial charge on any atom is 0.301 e. The molecule has 138 valence electrons. The molecule has 0 radical (unpaired) electrons. The van der Waals surface area contributed by atoms with Crippen LogP contribution < -0.4 is 15.0 Å². The summed E-state index contributed by atoms with van der Waals surface area (Å²) < 4.78 is 11.2. The predicted molar refractivity (Wildman–Crippen MR) is 93.8 cm³/mol. The lowest BCUT2D eigenvalue weighted by molar-refractivity contribution is -0.394. The summed E-state index contributed by atoms with van der Waals surface area (Å²) in [5.74, 6) is 0.457. The van der Waals surface area contributed by atoms with Crippen molar-refractivity contribution < 1.29 is 19.3 Å². The van der Waals surface area contributed by atoms with Gasteiger partial charge < -0.3 is 9.47 Å². The van der Waals surface area contributed by atoms with E-state index in [1.54, 1.807) is 12.1 Å². The quantitative estimate of drug-likeness (QED) is 0.490. The van der Waals surface area contributed by atoms with Gasteiger partial charge in [0.2, 0.25) is 0 Å². The van der Waals surface area contributed by atoms with Gasteiger partial charge in [0.1, 0.15) is 5.69 Å². The zero-order valence-corrected chi connectivity index (χ0v) is 14.1. The summed E-state index contributed by atoms with van der Waals surface area (Å²) in [6.45, 7) is 0. The topological polar surface area (TPSA) is 140 Å². The summed E-state index contributed by atoms with van der Waals surface area (Å²) in [6.07, 6.45) is 1.34. The summed E-state index contributed by atoms with van der Waals surface area (Å²) >= 11 is 0. The third-order valence-electron chi connectivity index (χ3n) is 3.89. The zero-order valence-electron chi connectivity index (χ0n) is 14.1. The predicted octanol–water partition coefficient (Wildman–Crippen LogP) is 2.22. The number of aromatic nitrogens is 2. The minimum Gasteiger partial charge on any atom is -0.493 e. The highest BCUT2D eigenvalue weighted by Gasteiger charge is 2.24. The molecule has 0 aliphatic heterocycles. The highest BCUT2D eigenvalue weighted by molar-refractivity contribution is 5.89. The first-order chi connectivity index (χ1) is 12.9. The molecule has 0 fully saturated rings. The molecule has 0 aliphatic carbocycles. The number of nitro groups is 2. The molecule has 1 aromatic heterocycles. The lowest BCUT2D eigenvalue weighted by Crippen LogP contribution is -2.22. The van der Waals surface area contributed by atoms with Crippen molar-refractivity contribution in [2.24, 2.45) is 0 Å². The monoisotopic (exact) mass is 372 g/mol. The van der Waals surface area contributed by atoms with Crippen molar-refractivity contribution in [3.63, 3.8) is 0 Å². The van der Waals surface area contributed by atoms with Gasteiger partial charge in [0.25, 0.3) is 11.2 Å². The molecule has 3 aromatic rings. The van der Waals surface area contributed by atoms with E-state index >= 15 is 0 Å². The van der Waals surface area contributed by atoms with E-state index in [4.69, 9.17) is 9.47 Å². The minimum atomic E-state index is -0.816. The van der Waals surface area contributed by atoms with Crippen LogP contribution in [0, 0.1) is 20.2 Å². The Labute approximate surface area is 150 Å². The normalized spacial score (nSPS) is 10.6. The average molecular weight is 372 g/mol. The van der Waals surface area contributed by atoms with Crippen molar-refractivity contribution in [1.29, 1.82) is 0 Å².